The van der Waals surface area contributed by atoms with E-state index in [1.807, 2.05) is 0 Å². The lowest BCUT2D eigenvalue weighted by Crippen LogP contribution is -2.30. The molecule has 0 aliphatic rings. The topological polar surface area (TPSA) is 78.9 Å². The Kier molecular flexibility index (Phi) is 65.6. The van der Waals surface area contributed by atoms with Crippen LogP contribution in [0.3, 0.4) is 0 Å². The predicted molar refractivity (Wildman–Crippen MR) is 344 cm³/mol. The standard InChI is InChI=1S/C73H134O6/c1-4-7-10-13-16-19-22-24-26-28-30-32-33-34-35-36-37-38-39-40-41-42-44-45-47-49-51-54-57-60-63-66-72(75)78-69-70(68-77-71(74)65-62-59-56-53-21-18-15-12-9-6-3)79-73(76)67-64-61-58-55-52-50-48-46-43-31-29-27-25-23-20-17-14-11-8-5-2/h12,15,22,24,28,30,33-34,70H,4-11,13-14,16-21,23,25-27,29,31-32,35-69H2,1-3H3/b15-12-,24-22-,30-28-,34-33-. The molecule has 1 atom stereocenters. The number of carbonyl (C=O) groups is 3. The van der Waals surface area contributed by atoms with Crippen molar-refractivity contribution >= 4 is 17.9 Å². The van der Waals surface area contributed by atoms with E-state index in [4.69, 9.17) is 14.2 Å². The van der Waals surface area contributed by atoms with Crippen molar-refractivity contribution in [3.8, 4) is 0 Å². The van der Waals surface area contributed by atoms with Gasteiger partial charge in [0, 0.05) is 19.3 Å². The zero-order valence-electron chi connectivity index (χ0n) is 53.2. The minimum absolute atomic E-state index is 0.0708. The fraction of sp³-hybridized carbons (Fsp3) is 0.849. The highest BCUT2D eigenvalue weighted by atomic mass is 16.6. The van der Waals surface area contributed by atoms with Crippen LogP contribution >= 0.6 is 0 Å². The van der Waals surface area contributed by atoms with Gasteiger partial charge >= 0.3 is 17.9 Å². The highest BCUT2D eigenvalue weighted by Crippen LogP contribution is 2.18. The maximum Gasteiger partial charge on any atom is 0.306 e. The van der Waals surface area contributed by atoms with Crippen LogP contribution < -0.4 is 0 Å². The monoisotopic (exact) mass is 1110 g/mol. The molecular weight excluding hydrogens is 973 g/mol. The Morgan fingerprint density at radius 2 is 0.481 bits per heavy atom. The van der Waals surface area contributed by atoms with E-state index in [9.17, 15) is 14.4 Å². The third-order valence-corrected chi connectivity index (χ3v) is 15.8. The van der Waals surface area contributed by atoms with E-state index >= 15 is 0 Å². The number of unbranched alkanes of at least 4 members (excludes halogenated alkanes) is 46. The largest absolute Gasteiger partial charge is 0.462 e. The number of hydrogen-bond donors (Lipinski definition) is 0. The molecule has 0 N–H and O–H groups in total. The number of rotatable bonds is 65. The highest BCUT2D eigenvalue weighted by molar-refractivity contribution is 5.71. The Morgan fingerprint density at radius 3 is 0.772 bits per heavy atom. The first-order valence-electron chi connectivity index (χ1n) is 35.1. The van der Waals surface area contributed by atoms with Crippen molar-refractivity contribution in [1.82, 2.24) is 0 Å². The van der Waals surface area contributed by atoms with Gasteiger partial charge in [-0.25, -0.2) is 0 Å². The minimum atomic E-state index is -0.773. The number of hydrogen-bond acceptors (Lipinski definition) is 6. The van der Waals surface area contributed by atoms with Gasteiger partial charge in [-0.3, -0.25) is 14.4 Å². The van der Waals surface area contributed by atoms with Crippen molar-refractivity contribution < 1.29 is 28.6 Å². The van der Waals surface area contributed by atoms with E-state index in [1.54, 1.807) is 0 Å². The Morgan fingerprint density at radius 1 is 0.253 bits per heavy atom. The summed E-state index contributed by atoms with van der Waals surface area (Å²) in [5.74, 6) is -0.857. The van der Waals surface area contributed by atoms with Gasteiger partial charge in [0.25, 0.3) is 0 Å². The van der Waals surface area contributed by atoms with E-state index in [0.29, 0.717) is 19.3 Å². The molecule has 0 rings (SSSR count). The van der Waals surface area contributed by atoms with Gasteiger partial charge in [-0.1, -0.05) is 333 Å². The summed E-state index contributed by atoms with van der Waals surface area (Å²) in [5.41, 5.74) is 0. The summed E-state index contributed by atoms with van der Waals surface area (Å²) in [6.07, 6.45) is 85.8. The minimum Gasteiger partial charge on any atom is -0.462 e. The summed E-state index contributed by atoms with van der Waals surface area (Å²) >= 11 is 0. The molecule has 0 radical (unpaired) electrons. The van der Waals surface area contributed by atoms with Gasteiger partial charge in [-0.2, -0.15) is 0 Å². The maximum absolute atomic E-state index is 12.9. The Labute approximate surface area is 492 Å². The first-order valence-corrected chi connectivity index (χ1v) is 35.1. The van der Waals surface area contributed by atoms with E-state index in [2.05, 4.69) is 69.4 Å². The lowest BCUT2D eigenvalue weighted by molar-refractivity contribution is -0.167. The molecule has 0 saturated heterocycles. The third kappa shape index (κ3) is 66.1. The predicted octanol–water partition coefficient (Wildman–Crippen LogP) is 24.1. The van der Waals surface area contributed by atoms with Crippen LogP contribution in [0, 0.1) is 0 Å². The Balaban J connectivity index is 4.11. The quantitative estimate of drug-likeness (QED) is 0.0261. The molecule has 0 amide bonds. The summed E-state index contributed by atoms with van der Waals surface area (Å²) in [7, 11) is 0. The molecule has 0 aromatic heterocycles. The van der Waals surface area contributed by atoms with Crippen LogP contribution in [0.5, 0.6) is 0 Å². The molecule has 462 valence electrons. The number of carbonyl (C=O) groups excluding carboxylic acids is 3. The second-order valence-electron chi connectivity index (χ2n) is 23.8. The lowest BCUT2D eigenvalue weighted by Gasteiger charge is -2.18. The molecule has 0 heterocycles. The van der Waals surface area contributed by atoms with E-state index in [1.165, 1.54) is 257 Å². The van der Waals surface area contributed by atoms with Crippen molar-refractivity contribution in [2.45, 2.75) is 386 Å². The molecule has 0 aromatic carbocycles. The first-order chi connectivity index (χ1) is 39.0. The summed E-state index contributed by atoms with van der Waals surface area (Å²) < 4.78 is 16.9. The molecular formula is C73H134O6. The number of allylic oxidation sites excluding steroid dienone is 8. The number of ether oxygens (including phenoxy) is 3. The highest BCUT2D eigenvalue weighted by Gasteiger charge is 2.19. The van der Waals surface area contributed by atoms with Gasteiger partial charge in [0.2, 0.25) is 0 Å². The van der Waals surface area contributed by atoms with Gasteiger partial charge in [0.05, 0.1) is 0 Å². The van der Waals surface area contributed by atoms with Crippen molar-refractivity contribution in [2.24, 2.45) is 0 Å². The molecule has 1 unspecified atom stereocenters. The van der Waals surface area contributed by atoms with Crippen LogP contribution in [0.2, 0.25) is 0 Å². The van der Waals surface area contributed by atoms with Crippen LogP contribution in [0.4, 0.5) is 0 Å². The zero-order chi connectivity index (χ0) is 57.1. The molecule has 0 bridgehead atoms. The molecule has 0 aromatic rings. The van der Waals surface area contributed by atoms with E-state index in [0.717, 1.165) is 83.5 Å². The fourth-order valence-corrected chi connectivity index (χ4v) is 10.5. The molecule has 0 aliphatic carbocycles. The van der Waals surface area contributed by atoms with Gasteiger partial charge < -0.3 is 14.2 Å². The average Bonchev–Trinajstić information content (AvgIpc) is 3.45. The van der Waals surface area contributed by atoms with Gasteiger partial charge in [-0.05, 0) is 77.0 Å². The van der Waals surface area contributed by atoms with Gasteiger partial charge in [-0.15, -0.1) is 0 Å². The van der Waals surface area contributed by atoms with E-state index in [-0.39, 0.29) is 31.1 Å². The van der Waals surface area contributed by atoms with Crippen LogP contribution in [0.25, 0.3) is 0 Å². The van der Waals surface area contributed by atoms with Crippen LogP contribution in [0.15, 0.2) is 48.6 Å². The molecule has 79 heavy (non-hydrogen) atoms. The summed E-state index contributed by atoms with van der Waals surface area (Å²) in [6, 6.07) is 0. The third-order valence-electron chi connectivity index (χ3n) is 15.8. The van der Waals surface area contributed by atoms with Crippen LogP contribution in [0.1, 0.15) is 380 Å². The zero-order valence-corrected chi connectivity index (χ0v) is 53.2. The summed E-state index contributed by atoms with van der Waals surface area (Å²) in [6.45, 7) is 6.62. The van der Waals surface area contributed by atoms with Gasteiger partial charge in [0.15, 0.2) is 6.10 Å². The van der Waals surface area contributed by atoms with Crippen molar-refractivity contribution in [3.63, 3.8) is 0 Å². The summed E-state index contributed by atoms with van der Waals surface area (Å²) in [4.78, 5) is 38.3. The molecule has 0 saturated carbocycles. The molecule has 0 fully saturated rings. The van der Waals surface area contributed by atoms with Gasteiger partial charge in [0.1, 0.15) is 13.2 Å². The smallest absolute Gasteiger partial charge is 0.306 e. The van der Waals surface area contributed by atoms with Crippen molar-refractivity contribution in [2.75, 3.05) is 13.2 Å². The molecule has 0 aliphatic heterocycles. The Bertz CT molecular complexity index is 1360. The summed E-state index contributed by atoms with van der Waals surface area (Å²) in [5, 5.41) is 0. The Hall–Kier alpha value is -2.63. The van der Waals surface area contributed by atoms with E-state index < -0.39 is 6.10 Å². The normalized spacial score (nSPS) is 12.3. The first kappa shape index (κ1) is 76.4. The molecule has 6 nitrogen and oxygen atoms in total. The van der Waals surface area contributed by atoms with Crippen LogP contribution in [-0.4, -0.2) is 37.2 Å². The average molecular weight is 1110 g/mol. The maximum atomic E-state index is 12.9. The van der Waals surface area contributed by atoms with Crippen molar-refractivity contribution in [1.29, 1.82) is 0 Å². The SMILES string of the molecule is CCC/C=C\CCCCCCCC(=O)OCC(COC(=O)CCCCCCCCCCCCCCCCCC/C=C\C/C=C\C/C=C\CCCCCCC)OC(=O)CCCCCCCCCCCCCCCCCCCCCC. The second kappa shape index (κ2) is 67.9. The fourth-order valence-electron chi connectivity index (χ4n) is 10.5. The van der Waals surface area contributed by atoms with Crippen LogP contribution in [-0.2, 0) is 28.6 Å². The van der Waals surface area contributed by atoms with Crippen molar-refractivity contribution in [3.05, 3.63) is 48.6 Å². The molecule has 0 spiro atoms. The molecule has 6 heteroatoms. The number of esters is 3. The second-order valence-corrected chi connectivity index (χ2v) is 23.8. The lowest BCUT2D eigenvalue weighted by atomic mass is 10.0.